The van der Waals surface area contributed by atoms with E-state index in [2.05, 4.69) is 34.9 Å². The highest BCUT2D eigenvalue weighted by molar-refractivity contribution is 9.10. The first-order valence-electron chi connectivity index (χ1n) is 6.53. The molecule has 5 heteroatoms. The van der Waals surface area contributed by atoms with E-state index in [0.717, 1.165) is 16.6 Å². The Morgan fingerprint density at radius 1 is 1.45 bits per heavy atom. The van der Waals surface area contributed by atoms with Crippen LogP contribution in [-0.4, -0.2) is 15.6 Å². The molecule has 2 rings (SSSR count). The minimum atomic E-state index is -0.0225. The van der Waals surface area contributed by atoms with Gasteiger partial charge in [0.15, 0.2) is 5.78 Å². The molecule has 0 saturated carbocycles. The molecule has 0 aliphatic rings. The van der Waals surface area contributed by atoms with Gasteiger partial charge in [0.05, 0.1) is 17.1 Å². The quantitative estimate of drug-likeness (QED) is 0.729. The van der Waals surface area contributed by atoms with E-state index in [1.165, 1.54) is 0 Å². The van der Waals surface area contributed by atoms with E-state index in [-0.39, 0.29) is 12.2 Å². The van der Waals surface area contributed by atoms with Crippen LogP contribution in [0, 0.1) is 0 Å². The van der Waals surface area contributed by atoms with Crippen molar-refractivity contribution < 1.29 is 4.79 Å². The minimum absolute atomic E-state index is 0.0225. The third-order valence-electron chi connectivity index (χ3n) is 3.28. The van der Waals surface area contributed by atoms with Crippen LogP contribution in [0.4, 0.5) is 0 Å². The van der Waals surface area contributed by atoms with Gasteiger partial charge in [-0.1, -0.05) is 34.5 Å². The molecule has 106 valence electrons. The van der Waals surface area contributed by atoms with Crippen LogP contribution in [0.5, 0.6) is 0 Å². The van der Waals surface area contributed by atoms with Crippen LogP contribution >= 0.6 is 27.5 Å². The zero-order chi connectivity index (χ0) is 14.7. The summed E-state index contributed by atoms with van der Waals surface area (Å²) in [6.07, 6.45) is 3.19. The van der Waals surface area contributed by atoms with Crippen molar-refractivity contribution in [1.82, 2.24) is 9.78 Å². The highest BCUT2D eigenvalue weighted by Crippen LogP contribution is 2.22. The van der Waals surface area contributed by atoms with Gasteiger partial charge in [-0.3, -0.25) is 9.48 Å². The second-order valence-electron chi connectivity index (χ2n) is 4.77. The molecule has 1 unspecified atom stereocenters. The second kappa shape index (κ2) is 6.55. The Kier molecular flexibility index (Phi) is 5.00. The number of ketones is 1. The number of hydrogen-bond acceptors (Lipinski definition) is 2. The maximum Gasteiger partial charge on any atom is 0.170 e. The number of Topliss-reactive ketones (excluding diaryl/α,β-unsaturated/α-hetero) is 1. The molecule has 0 bridgehead atoms. The van der Waals surface area contributed by atoms with Gasteiger partial charge in [-0.05, 0) is 37.6 Å². The van der Waals surface area contributed by atoms with Gasteiger partial charge in [0, 0.05) is 22.3 Å². The van der Waals surface area contributed by atoms with Gasteiger partial charge >= 0.3 is 0 Å². The Balaban J connectivity index is 2.15. The topological polar surface area (TPSA) is 34.9 Å². The van der Waals surface area contributed by atoms with E-state index in [4.69, 9.17) is 11.6 Å². The fourth-order valence-corrected chi connectivity index (χ4v) is 2.46. The predicted molar refractivity (Wildman–Crippen MR) is 84.4 cm³/mol. The molecule has 0 amide bonds. The highest BCUT2D eigenvalue weighted by Gasteiger charge is 2.14. The molecule has 0 fully saturated rings. The number of rotatable bonds is 5. The predicted octanol–water partition coefficient (Wildman–Crippen LogP) is 4.70. The van der Waals surface area contributed by atoms with E-state index >= 15 is 0 Å². The highest BCUT2D eigenvalue weighted by atomic mass is 79.9. The fraction of sp³-hybridized carbons (Fsp3) is 0.333. The SMILES string of the molecule is CCC(C)n1ccc(CC(=O)c2cc(Br)ccc2Cl)n1. The molecule has 0 radical (unpaired) electrons. The third kappa shape index (κ3) is 3.49. The largest absolute Gasteiger partial charge is 0.294 e. The number of carbonyl (C=O) groups is 1. The molecule has 0 N–H and O–H groups in total. The molecule has 2 aromatic rings. The average molecular weight is 356 g/mol. The van der Waals surface area contributed by atoms with Gasteiger partial charge in [-0.25, -0.2) is 0 Å². The lowest BCUT2D eigenvalue weighted by atomic mass is 10.1. The summed E-state index contributed by atoms with van der Waals surface area (Å²) in [5.74, 6) is -0.0225. The molecule has 0 aliphatic carbocycles. The fourth-order valence-electron chi connectivity index (χ4n) is 1.88. The van der Waals surface area contributed by atoms with Gasteiger partial charge in [0.1, 0.15) is 0 Å². The summed E-state index contributed by atoms with van der Waals surface area (Å²) in [4.78, 5) is 12.3. The lowest BCUT2D eigenvalue weighted by molar-refractivity contribution is 0.0991. The molecule has 20 heavy (non-hydrogen) atoms. The standard InChI is InChI=1S/C15H16BrClN2O/c1-3-10(2)19-7-6-12(18-19)9-15(20)13-8-11(16)4-5-14(13)17/h4-8,10H,3,9H2,1-2H3. The van der Waals surface area contributed by atoms with Gasteiger partial charge in [-0.15, -0.1) is 0 Å². The summed E-state index contributed by atoms with van der Waals surface area (Å²) >= 11 is 9.42. The normalized spacial score (nSPS) is 12.4. The van der Waals surface area contributed by atoms with Gasteiger partial charge in [0.25, 0.3) is 0 Å². The Morgan fingerprint density at radius 3 is 2.90 bits per heavy atom. The summed E-state index contributed by atoms with van der Waals surface area (Å²) in [5, 5.41) is 4.91. The van der Waals surface area contributed by atoms with E-state index in [1.54, 1.807) is 12.1 Å². The Hall–Kier alpha value is -1.13. The summed E-state index contributed by atoms with van der Waals surface area (Å²) in [6, 6.07) is 7.51. The van der Waals surface area contributed by atoms with Gasteiger partial charge in [-0.2, -0.15) is 5.10 Å². The second-order valence-corrected chi connectivity index (χ2v) is 6.09. The number of aromatic nitrogens is 2. The molecule has 1 aromatic carbocycles. The lowest BCUT2D eigenvalue weighted by Crippen LogP contribution is -2.08. The first-order chi connectivity index (χ1) is 9.51. The van der Waals surface area contributed by atoms with Crippen LogP contribution in [0.15, 0.2) is 34.9 Å². The van der Waals surface area contributed by atoms with Crippen LogP contribution in [0.3, 0.4) is 0 Å². The van der Waals surface area contributed by atoms with Crippen LogP contribution < -0.4 is 0 Å². The molecule has 3 nitrogen and oxygen atoms in total. The summed E-state index contributed by atoms with van der Waals surface area (Å²) in [6.45, 7) is 4.21. The lowest BCUT2D eigenvalue weighted by Gasteiger charge is -2.08. The van der Waals surface area contributed by atoms with E-state index in [1.807, 2.05) is 23.0 Å². The molecule has 1 atom stereocenters. The first kappa shape index (κ1) is 15.3. The van der Waals surface area contributed by atoms with Crippen molar-refractivity contribution in [3.8, 4) is 0 Å². The van der Waals surface area contributed by atoms with Gasteiger partial charge in [0.2, 0.25) is 0 Å². The molecule has 1 aromatic heterocycles. The molecular weight excluding hydrogens is 340 g/mol. The molecular formula is C15H16BrClN2O. The van der Waals surface area contributed by atoms with Crippen molar-refractivity contribution in [1.29, 1.82) is 0 Å². The Bertz CT molecular complexity index is 624. The number of benzene rings is 1. The molecule has 0 aliphatic heterocycles. The maximum absolute atomic E-state index is 12.3. The van der Waals surface area contributed by atoms with Crippen molar-refractivity contribution >= 4 is 33.3 Å². The Labute approximate surface area is 132 Å². The summed E-state index contributed by atoms with van der Waals surface area (Å²) in [5.41, 5.74) is 1.30. The number of halogens is 2. The monoisotopic (exact) mass is 354 g/mol. The molecule has 0 saturated heterocycles. The maximum atomic E-state index is 12.3. The minimum Gasteiger partial charge on any atom is -0.294 e. The van der Waals surface area contributed by atoms with Crippen LogP contribution in [-0.2, 0) is 6.42 Å². The molecule has 0 spiro atoms. The zero-order valence-corrected chi connectivity index (χ0v) is 13.8. The third-order valence-corrected chi connectivity index (χ3v) is 4.10. The van der Waals surface area contributed by atoms with Crippen molar-refractivity contribution in [2.75, 3.05) is 0 Å². The summed E-state index contributed by atoms with van der Waals surface area (Å²) < 4.78 is 2.74. The van der Waals surface area contributed by atoms with E-state index in [0.29, 0.717) is 16.6 Å². The number of hydrogen-bond donors (Lipinski definition) is 0. The van der Waals surface area contributed by atoms with Crippen molar-refractivity contribution in [2.24, 2.45) is 0 Å². The van der Waals surface area contributed by atoms with Crippen LogP contribution in [0.1, 0.15) is 42.4 Å². The Morgan fingerprint density at radius 2 is 2.20 bits per heavy atom. The van der Waals surface area contributed by atoms with Crippen LogP contribution in [0.25, 0.3) is 0 Å². The van der Waals surface area contributed by atoms with E-state index in [9.17, 15) is 4.79 Å². The smallest absolute Gasteiger partial charge is 0.170 e. The average Bonchev–Trinajstić information content (AvgIpc) is 2.89. The van der Waals surface area contributed by atoms with Crippen LogP contribution in [0.2, 0.25) is 5.02 Å². The van der Waals surface area contributed by atoms with Crippen molar-refractivity contribution in [3.05, 3.63) is 51.2 Å². The number of carbonyl (C=O) groups excluding carboxylic acids is 1. The summed E-state index contributed by atoms with van der Waals surface area (Å²) in [7, 11) is 0. The van der Waals surface area contributed by atoms with Gasteiger partial charge < -0.3 is 0 Å². The first-order valence-corrected chi connectivity index (χ1v) is 7.70. The zero-order valence-electron chi connectivity index (χ0n) is 11.4. The van der Waals surface area contributed by atoms with E-state index < -0.39 is 0 Å². The van der Waals surface area contributed by atoms with Crippen molar-refractivity contribution in [3.63, 3.8) is 0 Å². The molecule has 1 heterocycles. The van der Waals surface area contributed by atoms with Crippen molar-refractivity contribution in [2.45, 2.75) is 32.7 Å². The number of nitrogens with zero attached hydrogens (tertiary/aromatic N) is 2.